The molecule has 0 aromatic carbocycles. The first-order valence-electron chi connectivity index (χ1n) is 13.1. The summed E-state index contributed by atoms with van der Waals surface area (Å²) in [5, 5.41) is 17.2. The molecule has 0 bridgehead atoms. The number of pyridine rings is 1. The number of esters is 1. The Hall–Kier alpha value is -2.46. The molecule has 0 amide bonds. The molecule has 1 aliphatic rings. The third kappa shape index (κ3) is 9.69. The molecule has 2 aromatic rings. The lowest BCUT2D eigenvalue weighted by molar-refractivity contribution is -0.146. The van der Waals surface area contributed by atoms with Crippen molar-refractivity contribution in [3.05, 3.63) is 28.5 Å². The average molecular weight is 608 g/mol. The highest BCUT2D eigenvalue weighted by Crippen LogP contribution is 2.27. The lowest BCUT2D eigenvalue weighted by atomic mass is 10.1. The van der Waals surface area contributed by atoms with Gasteiger partial charge in [0.15, 0.2) is 5.82 Å². The van der Waals surface area contributed by atoms with Crippen molar-refractivity contribution in [2.75, 3.05) is 38.2 Å². The number of halogens is 1. The maximum atomic E-state index is 12.0. The molecule has 3 heterocycles. The summed E-state index contributed by atoms with van der Waals surface area (Å²) in [4.78, 5) is 18.6. The second kappa shape index (κ2) is 14.1. The number of likely N-dealkylation sites (tertiary alicyclic amines) is 1. The number of anilines is 2. The monoisotopic (exact) mass is 606 g/mol. The molecule has 0 saturated carbocycles. The van der Waals surface area contributed by atoms with Gasteiger partial charge in [-0.2, -0.15) is 10.4 Å². The van der Waals surface area contributed by atoms with Gasteiger partial charge in [-0.1, -0.05) is 33.5 Å². The Morgan fingerprint density at radius 1 is 1.29 bits per heavy atom. The molecule has 38 heavy (non-hydrogen) atoms. The zero-order valence-electron chi connectivity index (χ0n) is 23.0. The minimum atomic E-state index is -1.20. The van der Waals surface area contributed by atoms with Crippen molar-refractivity contribution >= 4 is 41.6 Å². The van der Waals surface area contributed by atoms with Gasteiger partial charge in [-0.15, -0.1) is 0 Å². The molecule has 0 unspecified atom stereocenters. The molecular weight excluding hydrogens is 568 g/mol. The largest absolute Gasteiger partial charge is 0.489 e. The summed E-state index contributed by atoms with van der Waals surface area (Å²) >= 11 is 3.37. The van der Waals surface area contributed by atoms with E-state index in [-0.39, 0.29) is 18.8 Å². The van der Waals surface area contributed by atoms with E-state index in [0.29, 0.717) is 53.2 Å². The molecule has 10 nitrogen and oxygen atoms in total. The molecule has 1 aliphatic heterocycles. The van der Waals surface area contributed by atoms with Crippen molar-refractivity contribution in [2.24, 2.45) is 5.92 Å². The summed E-state index contributed by atoms with van der Waals surface area (Å²) in [6.45, 7) is 14.2. The fourth-order valence-electron chi connectivity index (χ4n) is 3.79. The van der Waals surface area contributed by atoms with Gasteiger partial charge >= 0.3 is 5.97 Å². The number of carbonyl (C=O) groups excluding carboxylic acids is 1. The van der Waals surface area contributed by atoms with Gasteiger partial charge in [0.2, 0.25) is 0 Å². The van der Waals surface area contributed by atoms with Gasteiger partial charge in [0.1, 0.15) is 40.6 Å². The normalized spacial score (nSPS) is 14.9. The second-order valence-corrected chi connectivity index (χ2v) is 17.5. The van der Waals surface area contributed by atoms with E-state index in [1.165, 1.54) is 0 Å². The van der Waals surface area contributed by atoms with Gasteiger partial charge in [0.25, 0.3) is 0 Å². The summed E-state index contributed by atoms with van der Waals surface area (Å²) in [5.41, 5.74) is 0.390. The molecule has 0 atom stereocenters. The van der Waals surface area contributed by atoms with E-state index in [1.54, 1.807) is 10.9 Å². The number of nitriles is 1. The first-order chi connectivity index (χ1) is 18.0. The number of nitrogens with one attached hydrogen (secondary N) is 1. The van der Waals surface area contributed by atoms with Gasteiger partial charge < -0.3 is 19.5 Å². The predicted molar refractivity (Wildman–Crippen MR) is 152 cm³/mol. The molecule has 1 saturated heterocycles. The molecule has 2 aromatic heterocycles. The highest BCUT2D eigenvalue weighted by atomic mass is 79.9. The van der Waals surface area contributed by atoms with Crippen molar-refractivity contribution < 1.29 is 19.0 Å². The van der Waals surface area contributed by atoms with Crippen molar-refractivity contribution in [3.63, 3.8) is 0 Å². The number of aromatic nitrogens is 3. The third-order valence-corrected chi connectivity index (χ3v) is 8.24. The number of piperidine rings is 1. The summed E-state index contributed by atoms with van der Waals surface area (Å²) in [6.07, 6.45) is 3.39. The van der Waals surface area contributed by atoms with Crippen LogP contribution in [0.1, 0.15) is 32.3 Å². The Morgan fingerprint density at radius 3 is 2.63 bits per heavy atom. The fraction of sp³-hybridized carbons (Fsp3) is 0.615. The van der Waals surface area contributed by atoms with Gasteiger partial charge in [0, 0.05) is 27.8 Å². The number of nitrogens with zero attached hydrogens (tertiary/aromatic N) is 5. The van der Waals surface area contributed by atoms with E-state index in [1.807, 2.05) is 26.0 Å². The van der Waals surface area contributed by atoms with Crippen molar-refractivity contribution in [2.45, 2.75) is 65.2 Å². The maximum absolute atomic E-state index is 12.0. The van der Waals surface area contributed by atoms with Crippen LogP contribution in [0.2, 0.25) is 25.7 Å². The van der Waals surface area contributed by atoms with Crippen molar-refractivity contribution in [1.82, 2.24) is 19.7 Å². The van der Waals surface area contributed by atoms with Crippen LogP contribution >= 0.6 is 15.9 Å². The van der Waals surface area contributed by atoms with Gasteiger partial charge in [-0.3, -0.25) is 9.69 Å². The van der Waals surface area contributed by atoms with Crippen LogP contribution in [-0.4, -0.2) is 72.7 Å². The smallest absolute Gasteiger partial charge is 0.320 e. The summed E-state index contributed by atoms with van der Waals surface area (Å²) in [5.74, 6) is 1.93. The quantitative estimate of drug-likeness (QED) is 0.191. The molecule has 0 spiro atoms. The Balaban J connectivity index is 1.51. The Bertz CT molecular complexity index is 1090. The number of carbonyl (C=O) groups is 1. The number of ether oxygens (including phenoxy) is 3. The Morgan fingerprint density at radius 2 is 2.03 bits per heavy atom. The van der Waals surface area contributed by atoms with E-state index < -0.39 is 8.07 Å². The van der Waals surface area contributed by atoms with E-state index in [9.17, 15) is 10.1 Å². The first-order valence-corrected chi connectivity index (χ1v) is 17.6. The zero-order chi connectivity index (χ0) is 27.7. The number of hydrogen-bond acceptors (Lipinski definition) is 9. The fourth-order valence-corrected chi connectivity index (χ4v) is 5.02. The van der Waals surface area contributed by atoms with Crippen molar-refractivity contribution in [1.29, 1.82) is 5.26 Å². The zero-order valence-corrected chi connectivity index (χ0v) is 25.6. The van der Waals surface area contributed by atoms with Crippen LogP contribution in [0.15, 0.2) is 22.9 Å². The molecule has 0 radical (unpaired) electrons. The predicted octanol–water partition coefficient (Wildman–Crippen LogP) is 5.01. The highest BCUT2D eigenvalue weighted by molar-refractivity contribution is 9.10. The average Bonchev–Trinajstić information content (AvgIpc) is 3.16. The summed E-state index contributed by atoms with van der Waals surface area (Å²) in [6, 6.07) is 6.91. The molecule has 12 heteroatoms. The highest BCUT2D eigenvalue weighted by Gasteiger charge is 2.23. The molecule has 1 N–H and O–H groups in total. The Kier molecular flexibility index (Phi) is 11.1. The number of hydrogen-bond donors (Lipinski definition) is 1. The minimum Gasteiger partial charge on any atom is -0.489 e. The van der Waals surface area contributed by atoms with Crippen LogP contribution in [0.25, 0.3) is 0 Å². The van der Waals surface area contributed by atoms with Crippen LogP contribution in [-0.2, 0) is 21.0 Å². The van der Waals surface area contributed by atoms with Gasteiger partial charge in [0.05, 0.1) is 19.3 Å². The van der Waals surface area contributed by atoms with Crippen molar-refractivity contribution in [3.8, 4) is 11.8 Å². The third-order valence-electron chi connectivity index (χ3n) is 5.98. The second-order valence-electron chi connectivity index (χ2n) is 11.1. The van der Waals surface area contributed by atoms with E-state index in [2.05, 4.69) is 61.9 Å². The van der Waals surface area contributed by atoms with Crippen LogP contribution in [0.3, 0.4) is 0 Å². The lowest BCUT2D eigenvalue weighted by Gasteiger charge is -2.31. The molecular formula is C26H39BrN6O4Si. The minimum absolute atomic E-state index is 0.0643. The SMILES string of the molecule is CC(C)COC(=O)CN1CCC(Oc2ccc(Nc3c(C#N)c(Br)nn3COCC[Si](C)(C)C)nc2)CC1. The van der Waals surface area contributed by atoms with Crippen LogP contribution in [0.5, 0.6) is 5.75 Å². The summed E-state index contributed by atoms with van der Waals surface area (Å²) in [7, 11) is -1.20. The molecule has 0 aliphatic carbocycles. The maximum Gasteiger partial charge on any atom is 0.320 e. The summed E-state index contributed by atoms with van der Waals surface area (Å²) < 4.78 is 19.3. The topological polar surface area (TPSA) is 115 Å². The van der Waals surface area contributed by atoms with Crippen LogP contribution in [0.4, 0.5) is 11.6 Å². The van der Waals surface area contributed by atoms with Gasteiger partial charge in [-0.05, 0) is 52.9 Å². The van der Waals surface area contributed by atoms with E-state index in [0.717, 1.165) is 32.0 Å². The first kappa shape index (κ1) is 30.1. The molecule has 1 fully saturated rings. The number of rotatable bonds is 13. The Labute approximate surface area is 234 Å². The van der Waals surface area contributed by atoms with E-state index >= 15 is 0 Å². The molecule has 3 rings (SSSR count). The van der Waals surface area contributed by atoms with Crippen LogP contribution in [0, 0.1) is 17.2 Å². The van der Waals surface area contributed by atoms with E-state index in [4.69, 9.17) is 14.2 Å². The standard InChI is InChI=1S/C26H39BrN6O4Si/c1-19(2)17-36-24(34)16-32-10-8-20(9-11-32)37-21-6-7-23(29-15-21)30-26-22(14-28)25(27)31-33(26)18-35-12-13-38(3,4)5/h6-7,15,19-20H,8-13,16-18H2,1-5H3,(H,29,30). The molecule has 208 valence electrons. The lowest BCUT2D eigenvalue weighted by Crippen LogP contribution is -2.41. The van der Waals surface area contributed by atoms with Crippen LogP contribution < -0.4 is 10.1 Å². The van der Waals surface area contributed by atoms with Gasteiger partial charge in [-0.25, -0.2) is 9.67 Å².